The monoisotopic (exact) mass is 441 g/mol. The van der Waals surface area contributed by atoms with Gasteiger partial charge in [0.05, 0.1) is 4.90 Å². The lowest BCUT2D eigenvalue weighted by atomic mass is 9.97. The van der Waals surface area contributed by atoms with Crippen molar-refractivity contribution in [1.29, 1.82) is 0 Å². The molecule has 2 aromatic carbocycles. The first-order valence-corrected chi connectivity index (χ1v) is 12.1. The third kappa shape index (κ3) is 4.22. The van der Waals surface area contributed by atoms with Crippen molar-refractivity contribution in [2.45, 2.75) is 37.1 Å². The minimum Gasteiger partial charge on any atom is -0.352 e. The van der Waals surface area contributed by atoms with Gasteiger partial charge in [-0.1, -0.05) is 30.7 Å². The molecule has 7 nitrogen and oxygen atoms in total. The summed E-state index contributed by atoms with van der Waals surface area (Å²) in [4.78, 5) is 27.7. The van der Waals surface area contributed by atoms with Crippen LogP contribution in [0.5, 0.6) is 0 Å². The number of rotatable bonds is 4. The summed E-state index contributed by atoms with van der Waals surface area (Å²) < 4.78 is 27.2. The Bertz CT molecular complexity index is 1080. The lowest BCUT2D eigenvalue weighted by Gasteiger charge is -2.36. The molecule has 1 atom stereocenters. The lowest BCUT2D eigenvalue weighted by molar-refractivity contribution is -0.128. The third-order valence-corrected chi connectivity index (χ3v) is 7.92. The van der Waals surface area contributed by atoms with Crippen LogP contribution < -0.4 is 5.32 Å². The summed E-state index contributed by atoms with van der Waals surface area (Å²) >= 11 is 0. The first kappa shape index (κ1) is 21.5. The predicted molar refractivity (Wildman–Crippen MR) is 117 cm³/mol. The second kappa shape index (κ2) is 8.80. The molecule has 31 heavy (non-hydrogen) atoms. The molecule has 4 rings (SSSR count). The molecule has 2 saturated heterocycles. The Balaban J connectivity index is 1.59. The van der Waals surface area contributed by atoms with Crippen molar-refractivity contribution in [2.24, 2.45) is 0 Å². The van der Waals surface area contributed by atoms with Gasteiger partial charge >= 0.3 is 0 Å². The SMILES string of the molecule is Cc1ccccc1C1C(=O)NCCN1C(=O)c1ccc(S(=O)(=O)N2CCCCC2)cc1. The van der Waals surface area contributed by atoms with Gasteiger partial charge < -0.3 is 10.2 Å². The fourth-order valence-corrected chi connectivity index (χ4v) is 5.80. The molecule has 2 amide bonds. The van der Waals surface area contributed by atoms with Crippen molar-refractivity contribution in [2.75, 3.05) is 26.2 Å². The number of amides is 2. The maximum Gasteiger partial charge on any atom is 0.254 e. The highest BCUT2D eigenvalue weighted by atomic mass is 32.2. The molecule has 2 aliphatic heterocycles. The maximum atomic E-state index is 13.3. The van der Waals surface area contributed by atoms with Crippen molar-refractivity contribution in [1.82, 2.24) is 14.5 Å². The van der Waals surface area contributed by atoms with Crippen LogP contribution in [0.15, 0.2) is 53.4 Å². The molecule has 0 aliphatic carbocycles. The summed E-state index contributed by atoms with van der Waals surface area (Å²) in [6.45, 7) is 3.75. The van der Waals surface area contributed by atoms with Gasteiger partial charge in [0.1, 0.15) is 6.04 Å². The van der Waals surface area contributed by atoms with Gasteiger partial charge in [-0.3, -0.25) is 9.59 Å². The van der Waals surface area contributed by atoms with Gasteiger partial charge in [0.15, 0.2) is 0 Å². The Morgan fingerprint density at radius 2 is 1.65 bits per heavy atom. The molecule has 2 aromatic rings. The molecule has 8 heteroatoms. The standard InChI is InChI=1S/C23H27N3O4S/c1-17-7-3-4-8-20(17)21-22(27)24-13-16-26(21)23(28)18-9-11-19(12-10-18)31(29,30)25-14-5-2-6-15-25/h3-4,7-12,21H,2,5-6,13-16H2,1H3,(H,24,27). The van der Waals surface area contributed by atoms with E-state index in [9.17, 15) is 18.0 Å². The molecule has 2 aliphatic rings. The van der Waals surface area contributed by atoms with Crippen molar-refractivity contribution < 1.29 is 18.0 Å². The average Bonchev–Trinajstić information content (AvgIpc) is 2.80. The van der Waals surface area contributed by atoms with Gasteiger partial charge in [-0.25, -0.2) is 8.42 Å². The molecule has 0 radical (unpaired) electrons. The molecule has 1 N–H and O–H groups in total. The number of piperidine rings is 1. The first-order valence-electron chi connectivity index (χ1n) is 10.6. The molecule has 0 aromatic heterocycles. The van der Waals surface area contributed by atoms with Crippen LogP contribution in [0.3, 0.4) is 0 Å². The molecule has 164 valence electrons. The van der Waals surface area contributed by atoms with Gasteiger partial charge in [0.2, 0.25) is 15.9 Å². The van der Waals surface area contributed by atoms with E-state index >= 15 is 0 Å². The molecule has 2 fully saturated rings. The van der Waals surface area contributed by atoms with E-state index < -0.39 is 16.1 Å². The van der Waals surface area contributed by atoms with Crippen LogP contribution in [0, 0.1) is 6.92 Å². The van der Waals surface area contributed by atoms with Crippen LogP contribution in [0.2, 0.25) is 0 Å². The Morgan fingerprint density at radius 1 is 0.968 bits per heavy atom. The molecule has 0 saturated carbocycles. The van der Waals surface area contributed by atoms with Crippen LogP contribution in [0.1, 0.15) is 46.8 Å². The average molecular weight is 442 g/mol. The van der Waals surface area contributed by atoms with Crippen molar-refractivity contribution in [3.05, 3.63) is 65.2 Å². The first-order chi connectivity index (χ1) is 14.9. The number of nitrogens with zero attached hydrogens (tertiary/aromatic N) is 2. The van der Waals surface area contributed by atoms with E-state index in [-0.39, 0.29) is 16.7 Å². The molecular formula is C23H27N3O4S. The van der Waals surface area contributed by atoms with Crippen LogP contribution in [-0.2, 0) is 14.8 Å². The summed E-state index contributed by atoms with van der Waals surface area (Å²) in [7, 11) is -3.55. The molecule has 0 bridgehead atoms. The van der Waals surface area contributed by atoms with Gasteiger partial charge in [0, 0.05) is 31.7 Å². The normalized spacial score (nSPS) is 20.4. The van der Waals surface area contributed by atoms with E-state index in [1.54, 1.807) is 17.0 Å². The third-order valence-electron chi connectivity index (χ3n) is 6.01. The zero-order valence-corrected chi connectivity index (χ0v) is 18.4. The number of aryl methyl sites for hydroxylation is 1. The zero-order chi connectivity index (χ0) is 22.0. The number of sulfonamides is 1. The fraction of sp³-hybridized carbons (Fsp3) is 0.391. The Kier molecular flexibility index (Phi) is 6.11. The number of benzene rings is 2. The van der Waals surface area contributed by atoms with E-state index in [0.29, 0.717) is 31.7 Å². The number of hydrogen-bond donors (Lipinski definition) is 1. The van der Waals surface area contributed by atoms with E-state index in [2.05, 4.69) is 5.32 Å². The smallest absolute Gasteiger partial charge is 0.254 e. The maximum absolute atomic E-state index is 13.3. The number of hydrogen-bond acceptors (Lipinski definition) is 4. The lowest BCUT2D eigenvalue weighted by Crippen LogP contribution is -2.52. The summed E-state index contributed by atoms with van der Waals surface area (Å²) in [5.41, 5.74) is 2.09. The topological polar surface area (TPSA) is 86.8 Å². The van der Waals surface area contributed by atoms with E-state index in [0.717, 1.165) is 30.4 Å². The van der Waals surface area contributed by atoms with E-state index in [1.165, 1.54) is 16.4 Å². The summed E-state index contributed by atoms with van der Waals surface area (Å²) in [6.07, 6.45) is 2.78. The quantitative estimate of drug-likeness (QED) is 0.790. The largest absolute Gasteiger partial charge is 0.352 e. The molecule has 0 spiro atoms. The van der Waals surface area contributed by atoms with Gasteiger partial charge in [-0.15, -0.1) is 0 Å². The van der Waals surface area contributed by atoms with Crippen molar-refractivity contribution >= 4 is 21.8 Å². The van der Waals surface area contributed by atoms with Crippen LogP contribution in [0.25, 0.3) is 0 Å². The van der Waals surface area contributed by atoms with Crippen molar-refractivity contribution in [3.8, 4) is 0 Å². The summed E-state index contributed by atoms with van der Waals surface area (Å²) in [5, 5.41) is 2.84. The predicted octanol–water partition coefficient (Wildman–Crippen LogP) is 2.48. The number of carbonyl (C=O) groups excluding carboxylic acids is 2. The van der Waals surface area contributed by atoms with E-state index in [1.807, 2.05) is 31.2 Å². The van der Waals surface area contributed by atoms with Gasteiger partial charge in [0.25, 0.3) is 5.91 Å². The zero-order valence-electron chi connectivity index (χ0n) is 17.6. The molecular weight excluding hydrogens is 414 g/mol. The van der Waals surface area contributed by atoms with Crippen LogP contribution in [0.4, 0.5) is 0 Å². The number of carbonyl (C=O) groups is 2. The van der Waals surface area contributed by atoms with E-state index in [4.69, 9.17) is 0 Å². The molecule has 1 unspecified atom stereocenters. The highest BCUT2D eigenvalue weighted by Crippen LogP contribution is 2.28. The Morgan fingerprint density at radius 3 is 2.32 bits per heavy atom. The summed E-state index contributed by atoms with van der Waals surface area (Å²) in [6, 6.07) is 12.9. The minimum atomic E-state index is -3.55. The van der Waals surface area contributed by atoms with Crippen LogP contribution in [-0.4, -0.2) is 55.6 Å². The van der Waals surface area contributed by atoms with Crippen molar-refractivity contribution in [3.63, 3.8) is 0 Å². The second-order valence-electron chi connectivity index (χ2n) is 8.04. The van der Waals surface area contributed by atoms with Gasteiger partial charge in [-0.05, 0) is 55.2 Å². The Labute approximate surface area is 183 Å². The molecule has 2 heterocycles. The minimum absolute atomic E-state index is 0.192. The van der Waals surface area contributed by atoms with Gasteiger partial charge in [-0.2, -0.15) is 4.31 Å². The number of nitrogens with one attached hydrogen (secondary N) is 1. The van der Waals surface area contributed by atoms with Crippen LogP contribution >= 0.6 is 0 Å². The number of piperazine rings is 1. The highest BCUT2D eigenvalue weighted by Gasteiger charge is 2.35. The Hall–Kier alpha value is -2.71. The summed E-state index contributed by atoms with van der Waals surface area (Å²) in [5.74, 6) is -0.497. The highest BCUT2D eigenvalue weighted by molar-refractivity contribution is 7.89. The second-order valence-corrected chi connectivity index (χ2v) is 9.98. The fourth-order valence-electron chi connectivity index (χ4n) is 4.28.